The zero-order valence-electron chi connectivity index (χ0n) is 9.89. The van der Waals surface area contributed by atoms with Gasteiger partial charge in [0.2, 0.25) is 0 Å². The van der Waals surface area contributed by atoms with Crippen molar-refractivity contribution in [2.75, 3.05) is 6.54 Å². The summed E-state index contributed by atoms with van der Waals surface area (Å²) in [5.74, 6) is 0. The van der Waals surface area contributed by atoms with Crippen LogP contribution >= 0.6 is 46.4 Å². The SMILES string of the molecule is NCCc1cccc(Cl)c1-c1cc(Cl)cc(Cl)c1Cl. The first-order valence-corrected chi connectivity index (χ1v) is 7.18. The van der Waals surface area contributed by atoms with Crippen molar-refractivity contribution < 1.29 is 0 Å². The molecule has 0 atom stereocenters. The molecule has 2 aromatic rings. The van der Waals surface area contributed by atoms with Gasteiger partial charge < -0.3 is 5.73 Å². The van der Waals surface area contributed by atoms with E-state index < -0.39 is 0 Å². The minimum atomic E-state index is 0.405. The van der Waals surface area contributed by atoms with Crippen LogP contribution in [0.5, 0.6) is 0 Å². The van der Waals surface area contributed by atoms with Crippen LogP contribution in [0, 0.1) is 0 Å². The molecule has 2 N–H and O–H groups in total. The van der Waals surface area contributed by atoms with Crippen LogP contribution in [-0.2, 0) is 6.42 Å². The Morgan fingerprint density at radius 1 is 0.947 bits per heavy atom. The van der Waals surface area contributed by atoms with Gasteiger partial charge in [-0.25, -0.2) is 0 Å². The van der Waals surface area contributed by atoms with E-state index in [0.717, 1.165) is 16.7 Å². The molecule has 0 saturated heterocycles. The Hall–Kier alpha value is -0.440. The molecule has 0 unspecified atom stereocenters. The molecule has 19 heavy (non-hydrogen) atoms. The molecule has 5 heteroatoms. The normalized spacial score (nSPS) is 10.8. The van der Waals surface area contributed by atoms with Crippen LogP contribution in [0.2, 0.25) is 20.1 Å². The van der Waals surface area contributed by atoms with Crippen molar-refractivity contribution in [1.29, 1.82) is 0 Å². The molecule has 0 aliphatic heterocycles. The van der Waals surface area contributed by atoms with E-state index in [0.29, 0.717) is 33.1 Å². The van der Waals surface area contributed by atoms with Crippen LogP contribution in [0.3, 0.4) is 0 Å². The zero-order valence-corrected chi connectivity index (χ0v) is 12.9. The molecular formula is C14H11Cl4N. The molecule has 0 spiro atoms. The molecule has 0 amide bonds. The zero-order chi connectivity index (χ0) is 14.0. The number of hydrogen-bond donors (Lipinski definition) is 1. The van der Waals surface area contributed by atoms with Gasteiger partial charge in [0.25, 0.3) is 0 Å². The fourth-order valence-electron chi connectivity index (χ4n) is 1.97. The lowest BCUT2D eigenvalue weighted by molar-refractivity contribution is 0.971. The van der Waals surface area contributed by atoms with E-state index in [2.05, 4.69) is 0 Å². The van der Waals surface area contributed by atoms with Crippen molar-refractivity contribution in [3.8, 4) is 11.1 Å². The average molecular weight is 335 g/mol. The number of halogens is 4. The number of hydrogen-bond acceptors (Lipinski definition) is 1. The summed E-state index contributed by atoms with van der Waals surface area (Å²) in [6, 6.07) is 9.03. The van der Waals surface area contributed by atoms with Crippen LogP contribution in [-0.4, -0.2) is 6.54 Å². The van der Waals surface area contributed by atoms with Gasteiger partial charge in [-0.2, -0.15) is 0 Å². The van der Waals surface area contributed by atoms with Gasteiger partial charge >= 0.3 is 0 Å². The second-order valence-electron chi connectivity index (χ2n) is 4.06. The van der Waals surface area contributed by atoms with Crippen LogP contribution in [0.4, 0.5) is 0 Å². The Balaban J connectivity index is 2.71. The Labute approximate surface area is 132 Å². The second-order valence-corrected chi connectivity index (χ2v) is 5.69. The highest BCUT2D eigenvalue weighted by atomic mass is 35.5. The van der Waals surface area contributed by atoms with Crippen LogP contribution in [0.15, 0.2) is 30.3 Å². The molecule has 0 aliphatic rings. The number of rotatable bonds is 3. The van der Waals surface area contributed by atoms with E-state index >= 15 is 0 Å². The van der Waals surface area contributed by atoms with Gasteiger partial charge in [0.1, 0.15) is 0 Å². The fourth-order valence-corrected chi connectivity index (χ4v) is 2.97. The first kappa shape index (κ1) is 15.0. The summed E-state index contributed by atoms with van der Waals surface area (Å²) < 4.78 is 0. The molecule has 2 rings (SSSR count). The smallest absolute Gasteiger partial charge is 0.0672 e. The molecule has 0 radical (unpaired) electrons. The van der Waals surface area contributed by atoms with Crippen molar-refractivity contribution in [3.63, 3.8) is 0 Å². The maximum absolute atomic E-state index is 6.29. The lowest BCUT2D eigenvalue weighted by Gasteiger charge is -2.14. The highest BCUT2D eigenvalue weighted by molar-refractivity contribution is 6.45. The van der Waals surface area contributed by atoms with Gasteiger partial charge in [0, 0.05) is 21.2 Å². The van der Waals surface area contributed by atoms with Crippen molar-refractivity contribution in [2.24, 2.45) is 5.73 Å². The molecule has 0 saturated carbocycles. The Morgan fingerprint density at radius 2 is 1.68 bits per heavy atom. The summed E-state index contributed by atoms with van der Waals surface area (Å²) in [4.78, 5) is 0. The Morgan fingerprint density at radius 3 is 2.37 bits per heavy atom. The summed E-state index contributed by atoms with van der Waals surface area (Å²) in [6.07, 6.45) is 0.705. The molecule has 0 aromatic heterocycles. The Bertz CT molecular complexity index is 611. The van der Waals surface area contributed by atoms with E-state index in [1.165, 1.54) is 0 Å². The highest BCUT2D eigenvalue weighted by Crippen LogP contribution is 2.41. The van der Waals surface area contributed by atoms with Crippen LogP contribution in [0.1, 0.15) is 5.56 Å². The third-order valence-corrected chi connectivity index (χ3v) is 4.11. The largest absolute Gasteiger partial charge is 0.330 e. The molecule has 100 valence electrons. The molecule has 0 fully saturated rings. The molecule has 2 aromatic carbocycles. The third kappa shape index (κ3) is 3.18. The number of nitrogens with two attached hydrogens (primary N) is 1. The van der Waals surface area contributed by atoms with E-state index in [9.17, 15) is 0 Å². The lowest BCUT2D eigenvalue weighted by Crippen LogP contribution is -2.04. The van der Waals surface area contributed by atoms with Crippen molar-refractivity contribution in [2.45, 2.75) is 6.42 Å². The number of benzene rings is 2. The summed E-state index contributed by atoms with van der Waals surface area (Å²) in [5, 5.41) is 1.97. The summed E-state index contributed by atoms with van der Waals surface area (Å²) in [5.41, 5.74) is 8.22. The van der Waals surface area contributed by atoms with Gasteiger partial charge in [0.05, 0.1) is 10.0 Å². The maximum atomic E-state index is 6.29. The monoisotopic (exact) mass is 333 g/mol. The van der Waals surface area contributed by atoms with Gasteiger partial charge in [-0.15, -0.1) is 0 Å². The lowest BCUT2D eigenvalue weighted by atomic mass is 9.97. The van der Waals surface area contributed by atoms with Gasteiger partial charge in [-0.3, -0.25) is 0 Å². The van der Waals surface area contributed by atoms with E-state index in [4.69, 9.17) is 52.1 Å². The summed E-state index contributed by atoms with van der Waals surface area (Å²) in [7, 11) is 0. The summed E-state index contributed by atoms with van der Waals surface area (Å²) in [6.45, 7) is 0.527. The maximum Gasteiger partial charge on any atom is 0.0672 e. The first-order valence-electron chi connectivity index (χ1n) is 5.67. The molecule has 0 bridgehead atoms. The molecule has 1 nitrogen and oxygen atoms in total. The van der Waals surface area contributed by atoms with Crippen LogP contribution in [0.25, 0.3) is 11.1 Å². The third-order valence-electron chi connectivity index (χ3n) is 2.78. The standard InChI is InChI=1S/C14H11Cl4N/c15-9-6-10(14(18)12(17)7-9)13-8(4-5-19)2-1-3-11(13)16/h1-3,6-7H,4-5,19H2. The quantitative estimate of drug-likeness (QED) is 0.740. The highest BCUT2D eigenvalue weighted by Gasteiger charge is 2.15. The topological polar surface area (TPSA) is 26.0 Å². The minimum absolute atomic E-state index is 0.405. The van der Waals surface area contributed by atoms with Crippen molar-refractivity contribution in [1.82, 2.24) is 0 Å². The Kier molecular flexibility index (Phi) is 4.99. The first-order chi connectivity index (χ1) is 9.04. The van der Waals surface area contributed by atoms with Gasteiger partial charge in [0.15, 0.2) is 0 Å². The van der Waals surface area contributed by atoms with Crippen LogP contribution < -0.4 is 5.73 Å². The van der Waals surface area contributed by atoms with Crippen molar-refractivity contribution in [3.05, 3.63) is 56.0 Å². The van der Waals surface area contributed by atoms with Crippen molar-refractivity contribution >= 4 is 46.4 Å². The second kappa shape index (κ2) is 6.34. The van der Waals surface area contributed by atoms with Gasteiger partial charge in [-0.05, 0) is 36.7 Å². The van der Waals surface area contributed by atoms with E-state index in [1.54, 1.807) is 12.1 Å². The molecular weight excluding hydrogens is 324 g/mol. The summed E-state index contributed by atoms with van der Waals surface area (Å²) >= 11 is 24.7. The predicted octanol–water partition coefficient (Wildman–Crippen LogP) is 5.47. The fraction of sp³-hybridized carbons (Fsp3) is 0.143. The molecule has 0 aliphatic carbocycles. The van der Waals surface area contributed by atoms with E-state index in [-0.39, 0.29) is 0 Å². The minimum Gasteiger partial charge on any atom is -0.330 e. The van der Waals surface area contributed by atoms with E-state index in [1.807, 2.05) is 18.2 Å². The predicted molar refractivity (Wildman–Crippen MR) is 84.7 cm³/mol. The molecule has 0 heterocycles. The average Bonchev–Trinajstić information content (AvgIpc) is 2.35. The van der Waals surface area contributed by atoms with Gasteiger partial charge in [-0.1, -0.05) is 58.5 Å².